The van der Waals surface area contributed by atoms with Crippen LogP contribution in [0.3, 0.4) is 0 Å². The number of aromatic nitrogens is 2. The highest BCUT2D eigenvalue weighted by atomic mass is 19.1. The summed E-state index contributed by atoms with van der Waals surface area (Å²) in [5.74, 6) is 0. The van der Waals surface area contributed by atoms with Crippen LogP contribution in [0.5, 0.6) is 0 Å². The molecular formula is C24H37FN4. The molecule has 0 amide bonds. The van der Waals surface area contributed by atoms with Crippen LogP contribution < -0.4 is 4.90 Å². The number of rotatable bonds is 7. The van der Waals surface area contributed by atoms with Crippen LogP contribution in [0.1, 0.15) is 40.0 Å². The van der Waals surface area contributed by atoms with Crippen molar-refractivity contribution in [1.82, 2.24) is 14.9 Å². The molecule has 3 aromatic rings. The van der Waals surface area contributed by atoms with E-state index in [4.69, 9.17) is 0 Å². The van der Waals surface area contributed by atoms with Crippen molar-refractivity contribution in [3.05, 3.63) is 59.4 Å². The summed E-state index contributed by atoms with van der Waals surface area (Å²) in [4.78, 5) is 12.0. The van der Waals surface area contributed by atoms with E-state index in [1.807, 2.05) is 36.3 Å². The van der Waals surface area contributed by atoms with Crippen molar-refractivity contribution in [2.45, 2.75) is 28.3 Å². The van der Waals surface area contributed by atoms with Gasteiger partial charge in [-0.2, -0.15) is 0 Å². The third kappa shape index (κ3) is 5.67. The Kier molecular flexibility index (Phi) is 9.05. The first-order chi connectivity index (χ1) is 13.0. The van der Waals surface area contributed by atoms with Crippen molar-refractivity contribution in [1.29, 1.82) is 0 Å². The fourth-order valence-electron chi connectivity index (χ4n) is 3.24. The molecule has 160 valence electrons. The maximum Gasteiger partial charge on any atom is 0.138 e. The molecule has 0 saturated carbocycles. The number of halogens is 1. The second-order valence-electron chi connectivity index (χ2n) is 7.14. The Labute approximate surface area is 176 Å². The Balaban J connectivity index is 0.00000280. The number of H-pyrrole nitrogens is 1. The number of nitrogens with zero attached hydrogens (tertiary/aromatic N) is 3. The highest BCUT2D eigenvalue weighted by Gasteiger charge is 2.12. The van der Waals surface area contributed by atoms with E-state index in [2.05, 4.69) is 60.2 Å². The average Bonchev–Trinajstić information content (AvgIpc) is 2.99. The van der Waals surface area contributed by atoms with E-state index >= 15 is 0 Å². The van der Waals surface area contributed by atoms with Crippen molar-refractivity contribution in [2.75, 3.05) is 39.3 Å². The minimum absolute atomic E-state index is 0. The summed E-state index contributed by atoms with van der Waals surface area (Å²) in [5.41, 5.74) is 6.59. The number of pyridine rings is 1. The number of hydrogen-bond donors (Lipinski definition) is 1. The number of fused-ring (bicyclic) bond motifs is 1. The molecule has 0 spiro atoms. The van der Waals surface area contributed by atoms with E-state index in [-0.39, 0.29) is 23.0 Å². The van der Waals surface area contributed by atoms with Crippen molar-refractivity contribution in [3.63, 3.8) is 0 Å². The number of nitrogens with one attached hydrogen (secondary N) is 1. The van der Waals surface area contributed by atoms with Gasteiger partial charge < -0.3 is 14.8 Å². The van der Waals surface area contributed by atoms with Gasteiger partial charge in [-0.3, -0.25) is 0 Å². The van der Waals surface area contributed by atoms with Gasteiger partial charge in [0.05, 0.1) is 0 Å². The Morgan fingerprint density at radius 2 is 1.83 bits per heavy atom. The van der Waals surface area contributed by atoms with E-state index in [9.17, 15) is 4.39 Å². The average molecular weight is 401 g/mol. The van der Waals surface area contributed by atoms with Crippen LogP contribution in [0, 0.1) is 0 Å². The number of anilines is 1. The molecule has 1 N–H and O–H groups in total. The molecule has 0 unspecified atom stereocenters. The molecule has 5 heteroatoms. The zero-order valence-corrected chi connectivity index (χ0v) is 16.5. The second kappa shape index (κ2) is 10.8. The lowest BCUT2D eigenvalue weighted by atomic mass is 10.0. The highest BCUT2D eigenvalue weighted by Crippen LogP contribution is 2.27. The van der Waals surface area contributed by atoms with Crippen LogP contribution in [-0.2, 0) is 6.54 Å². The number of alkyl halides is 1. The summed E-state index contributed by atoms with van der Waals surface area (Å²) in [7, 11) is 6.05. The Morgan fingerprint density at radius 1 is 1.14 bits per heavy atom. The number of allylic oxidation sites excluding steroid dienone is 1. The molecular weight excluding hydrogens is 363 g/mol. The monoisotopic (exact) mass is 400 g/mol. The predicted molar refractivity (Wildman–Crippen MR) is 128 cm³/mol. The van der Waals surface area contributed by atoms with Crippen molar-refractivity contribution in [3.8, 4) is 0 Å². The lowest BCUT2D eigenvalue weighted by Gasteiger charge is -2.17. The SMILES string of the molecule is C.C.CC(=Cc1[nH]c2ncccc2c1CN(C)C)c1ccc(N(C)CCF)cc1.[HH]. The Hall–Kier alpha value is -2.66. The largest absolute Gasteiger partial charge is 0.372 e. The van der Waals surface area contributed by atoms with Gasteiger partial charge in [0, 0.05) is 50.1 Å². The molecule has 0 radical (unpaired) electrons. The molecule has 0 bridgehead atoms. The second-order valence-corrected chi connectivity index (χ2v) is 7.14. The van der Waals surface area contributed by atoms with Gasteiger partial charge in [0.25, 0.3) is 0 Å². The first kappa shape index (κ1) is 24.4. The molecule has 1 aromatic carbocycles. The summed E-state index contributed by atoms with van der Waals surface area (Å²) < 4.78 is 12.5. The summed E-state index contributed by atoms with van der Waals surface area (Å²) in [5, 5.41) is 1.16. The molecule has 0 aliphatic heterocycles. The topological polar surface area (TPSA) is 35.2 Å². The van der Waals surface area contributed by atoms with Crippen molar-refractivity contribution in [2.24, 2.45) is 0 Å². The van der Waals surface area contributed by atoms with Gasteiger partial charge in [-0.15, -0.1) is 0 Å². The summed E-state index contributed by atoms with van der Waals surface area (Å²) in [6.07, 6.45) is 3.99. The highest BCUT2D eigenvalue weighted by molar-refractivity contribution is 5.89. The van der Waals surface area contributed by atoms with Crippen LogP contribution in [0.2, 0.25) is 0 Å². The van der Waals surface area contributed by atoms with Gasteiger partial charge in [-0.25, -0.2) is 9.37 Å². The zero-order valence-electron chi connectivity index (χ0n) is 16.5. The van der Waals surface area contributed by atoms with Gasteiger partial charge in [0.2, 0.25) is 0 Å². The fraction of sp³-hybridized carbons (Fsp3) is 0.375. The first-order valence-corrected chi connectivity index (χ1v) is 9.15. The third-order valence-electron chi connectivity index (χ3n) is 4.73. The van der Waals surface area contributed by atoms with Crippen molar-refractivity contribution >= 4 is 28.4 Å². The summed E-state index contributed by atoms with van der Waals surface area (Å²) >= 11 is 0. The molecule has 29 heavy (non-hydrogen) atoms. The minimum atomic E-state index is -0.347. The Morgan fingerprint density at radius 3 is 2.45 bits per heavy atom. The third-order valence-corrected chi connectivity index (χ3v) is 4.73. The number of hydrogen-bond acceptors (Lipinski definition) is 3. The van der Waals surface area contributed by atoms with Crippen LogP contribution in [0.4, 0.5) is 10.1 Å². The molecule has 0 aliphatic rings. The Bertz CT molecular complexity index is 932. The zero-order chi connectivity index (χ0) is 19.4. The van der Waals surface area contributed by atoms with Crippen LogP contribution in [0.15, 0.2) is 42.6 Å². The molecule has 4 nitrogen and oxygen atoms in total. The molecule has 2 heterocycles. The minimum Gasteiger partial charge on any atom is -0.372 e. The lowest BCUT2D eigenvalue weighted by molar-refractivity contribution is 0.404. The van der Waals surface area contributed by atoms with Crippen LogP contribution in [-0.4, -0.2) is 49.2 Å². The maximum atomic E-state index is 12.5. The summed E-state index contributed by atoms with van der Waals surface area (Å²) in [6, 6.07) is 12.3. The molecule has 0 saturated heterocycles. The van der Waals surface area contributed by atoms with Crippen molar-refractivity contribution < 1.29 is 5.82 Å². The molecule has 2 aromatic heterocycles. The van der Waals surface area contributed by atoms with Gasteiger partial charge >= 0.3 is 0 Å². The van der Waals surface area contributed by atoms with Crippen LogP contribution in [0.25, 0.3) is 22.7 Å². The standard InChI is InChI=1S/C22H27FN4.2CH4.H2/c1-16(17-7-9-18(10-8-17)27(4)13-11-23)14-21-20(15-26(2)3)19-6-5-12-24-22(19)25-21;;;/h5-10,12,14H,11,13,15H2,1-4H3,(H,24,25);2*1H4;1H. The van der Waals surface area contributed by atoms with E-state index in [1.165, 1.54) is 11.1 Å². The normalized spacial score (nSPS) is 11.3. The first-order valence-electron chi connectivity index (χ1n) is 9.15. The quantitative estimate of drug-likeness (QED) is 0.520. The van der Waals surface area contributed by atoms with E-state index < -0.39 is 0 Å². The van der Waals surface area contributed by atoms with E-state index in [0.29, 0.717) is 6.54 Å². The maximum absolute atomic E-state index is 12.5. The molecule has 0 fully saturated rings. The van der Waals surface area contributed by atoms with Gasteiger partial charge in [0.15, 0.2) is 0 Å². The predicted octanol–water partition coefficient (Wildman–Crippen LogP) is 6.11. The van der Waals surface area contributed by atoms with Gasteiger partial charge in [-0.1, -0.05) is 27.0 Å². The molecule has 0 atom stereocenters. The van der Waals surface area contributed by atoms with Gasteiger partial charge in [0.1, 0.15) is 12.3 Å². The molecule has 0 aliphatic carbocycles. The fourth-order valence-corrected chi connectivity index (χ4v) is 3.24. The van der Waals surface area contributed by atoms with E-state index in [0.717, 1.165) is 34.5 Å². The van der Waals surface area contributed by atoms with Crippen LogP contribution >= 0.6 is 0 Å². The number of aromatic amines is 1. The van der Waals surface area contributed by atoms with E-state index in [1.54, 1.807) is 0 Å². The van der Waals surface area contributed by atoms with Gasteiger partial charge in [-0.05, 0) is 62.5 Å². The summed E-state index contributed by atoms with van der Waals surface area (Å²) in [6.45, 7) is 3.01. The smallest absolute Gasteiger partial charge is 0.138 e. The lowest BCUT2D eigenvalue weighted by Crippen LogP contribution is -2.19. The molecule has 3 rings (SSSR count). The number of benzene rings is 1.